The van der Waals surface area contributed by atoms with Gasteiger partial charge < -0.3 is 10.5 Å². The summed E-state index contributed by atoms with van der Waals surface area (Å²) in [7, 11) is 0. The van der Waals surface area contributed by atoms with Crippen LogP contribution in [-0.2, 0) is 0 Å². The summed E-state index contributed by atoms with van der Waals surface area (Å²) in [6, 6.07) is 2.35. The van der Waals surface area contributed by atoms with Crippen molar-refractivity contribution in [1.82, 2.24) is 0 Å². The maximum Gasteiger partial charge on any atom is 0.172 e. The Kier molecular flexibility index (Phi) is 4.21. The molecule has 8 heteroatoms. The van der Waals surface area contributed by atoms with E-state index in [2.05, 4.69) is 4.72 Å². The fourth-order valence-electron chi connectivity index (χ4n) is 1.12. The number of thiophene rings is 1. The normalized spacial score (nSPS) is 10.7. The van der Waals surface area contributed by atoms with Crippen molar-refractivity contribution in [2.24, 2.45) is 0 Å². The van der Waals surface area contributed by atoms with Crippen LogP contribution in [0.5, 0.6) is 0 Å². The van der Waals surface area contributed by atoms with Gasteiger partial charge in [0.15, 0.2) is 5.82 Å². The lowest BCUT2D eigenvalue weighted by molar-refractivity contribution is 0.595. The molecule has 3 N–H and O–H groups in total. The van der Waals surface area contributed by atoms with Crippen molar-refractivity contribution < 1.29 is 8.78 Å². The Labute approximate surface area is 120 Å². The predicted molar refractivity (Wildman–Crippen MR) is 74.6 cm³/mol. The van der Waals surface area contributed by atoms with Crippen LogP contribution in [0.4, 0.5) is 20.2 Å². The molecule has 0 aliphatic carbocycles. The first-order valence-corrected chi connectivity index (χ1v) is 7.04. The van der Waals surface area contributed by atoms with Gasteiger partial charge in [-0.05, 0) is 24.1 Å². The minimum Gasteiger partial charge on any atom is -0.394 e. The van der Waals surface area contributed by atoms with Crippen LogP contribution in [0.25, 0.3) is 0 Å². The van der Waals surface area contributed by atoms with E-state index >= 15 is 0 Å². The van der Waals surface area contributed by atoms with Crippen LogP contribution < -0.4 is 10.5 Å². The van der Waals surface area contributed by atoms with Gasteiger partial charge >= 0.3 is 0 Å². The summed E-state index contributed by atoms with van der Waals surface area (Å²) < 4.78 is 29.9. The van der Waals surface area contributed by atoms with Crippen molar-refractivity contribution >= 4 is 57.9 Å². The highest BCUT2D eigenvalue weighted by atomic mass is 35.5. The molecule has 0 fully saturated rings. The first-order valence-electron chi connectivity index (χ1n) is 4.59. The van der Waals surface area contributed by atoms with Crippen LogP contribution in [0.1, 0.15) is 0 Å². The number of hydrogen-bond donors (Lipinski definition) is 2. The topological polar surface area (TPSA) is 38.0 Å². The monoisotopic (exact) mass is 326 g/mol. The van der Waals surface area contributed by atoms with Gasteiger partial charge in [0.25, 0.3) is 0 Å². The highest BCUT2D eigenvalue weighted by molar-refractivity contribution is 8.02. The van der Waals surface area contributed by atoms with Crippen molar-refractivity contribution in [2.75, 3.05) is 10.5 Å². The molecule has 2 rings (SSSR count). The number of nitrogens with two attached hydrogens (primary N) is 1. The molecule has 1 heterocycles. The molecule has 0 aliphatic heterocycles. The SMILES string of the molecule is Nc1c(F)ccc(NSc2scc(Cl)c2Cl)c1F. The van der Waals surface area contributed by atoms with Gasteiger partial charge in [-0.3, -0.25) is 0 Å². The van der Waals surface area contributed by atoms with E-state index in [1.54, 1.807) is 5.38 Å². The lowest BCUT2D eigenvalue weighted by Gasteiger charge is -2.07. The molecule has 0 spiro atoms. The molecule has 0 unspecified atom stereocenters. The van der Waals surface area contributed by atoms with Gasteiger partial charge in [-0.15, -0.1) is 11.3 Å². The van der Waals surface area contributed by atoms with Crippen molar-refractivity contribution in [2.45, 2.75) is 4.21 Å². The number of rotatable bonds is 3. The number of anilines is 2. The summed E-state index contributed by atoms with van der Waals surface area (Å²) in [6.07, 6.45) is 0. The molecule has 1 aromatic carbocycles. The van der Waals surface area contributed by atoms with Crippen LogP contribution in [0, 0.1) is 11.6 Å². The van der Waals surface area contributed by atoms with Crippen LogP contribution in [0.2, 0.25) is 10.0 Å². The van der Waals surface area contributed by atoms with E-state index in [9.17, 15) is 8.78 Å². The van der Waals surface area contributed by atoms with E-state index in [0.717, 1.165) is 18.0 Å². The number of hydrogen-bond acceptors (Lipinski definition) is 4. The highest BCUT2D eigenvalue weighted by Crippen LogP contribution is 2.39. The standard InChI is InChI=1S/C10H6Cl2F2N2S2/c11-4-3-17-10(7(4)12)18-16-6-2-1-5(13)9(15)8(6)14/h1-3,16H,15H2. The average Bonchev–Trinajstić information content (AvgIpc) is 2.67. The first-order chi connectivity index (χ1) is 8.50. The highest BCUT2D eigenvalue weighted by Gasteiger charge is 2.13. The largest absolute Gasteiger partial charge is 0.394 e. The van der Waals surface area contributed by atoms with Gasteiger partial charge in [0.05, 0.1) is 15.7 Å². The Bertz CT molecular complexity index is 589. The molecule has 1 aromatic heterocycles. The summed E-state index contributed by atoms with van der Waals surface area (Å²) >= 11 is 14.1. The van der Waals surface area contributed by atoms with Gasteiger partial charge in [-0.2, -0.15) is 0 Å². The second-order valence-electron chi connectivity index (χ2n) is 3.21. The Morgan fingerprint density at radius 2 is 2.00 bits per heavy atom. The molecule has 96 valence electrons. The molecule has 0 aliphatic rings. The van der Waals surface area contributed by atoms with E-state index in [1.165, 1.54) is 17.4 Å². The second-order valence-corrected chi connectivity index (χ2v) is 5.95. The molecule has 2 aromatic rings. The maximum atomic E-state index is 13.6. The first kappa shape index (κ1) is 13.7. The lowest BCUT2D eigenvalue weighted by atomic mass is 10.2. The molecule has 0 amide bonds. The zero-order chi connectivity index (χ0) is 13.3. The summed E-state index contributed by atoms with van der Waals surface area (Å²) in [5, 5.41) is 2.50. The van der Waals surface area contributed by atoms with E-state index in [0.29, 0.717) is 14.3 Å². The van der Waals surface area contributed by atoms with Crippen LogP contribution >= 0.6 is 46.5 Å². The molecular weight excluding hydrogens is 321 g/mol. The predicted octanol–water partition coefficient (Wildman–Crippen LogP) is 5.03. The van der Waals surface area contributed by atoms with E-state index in [4.69, 9.17) is 28.9 Å². The van der Waals surface area contributed by atoms with E-state index in [1.807, 2.05) is 0 Å². The van der Waals surface area contributed by atoms with Crippen molar-refractivity contribution in [3.8, 4) is 0 Å². The smallest absolute Gasteiger partial charge is 0.172 e. The van der Waals surface area contributed by atoms with E-state index in [-0.39, 0.29) is 5.69 Å². The van der Waals surface area contributed by atoms with Gasteiger partial charge in [0, 0.05) is 5.38 Å². The molecule has 0 atom stereocenters. The summed E-state index contributed by atoms with van der Waals surface area (Å²) in [5.41, 5.74) is 4.81. The Morgan fingerprint density at radius 3 is 2.61 bits per heavy atom. The van der Waals surface area contributed by atoms with Crippen LogP contribution in [0.15, 0.2) is 21.7 Å². The van der Waals surface area contributed by atoms with Gasteiger partial charge in [-0.1, -0.05) is 23.2 Å². The van der Waals surface area contributed by atoms with Gasteiger partial charge in [0.1, 0.15) is 15.7 Å². The number of halogens is 4. The number of nitrogens with one attached hydrogen (secondary N) is 1. The Balaban J connectivity index is 2.16. The zero-order valence-electron chi connectivity index (χ0n) is 8.64. The minimum absolute atomic E-state index is 0.0829. The van der Waals surface area contributed by atoms with Crippen molar-refractivity contribution in [3.63, 3.8) is 0 Å². The zero-order valence-corrected chi connectivity index (χ0v) is 11.8. The van der Waals surface area contributed by atoms with Gasteiger partial charge in [0.2, 0.25) is 0 Å². The van der Waals surface area contributed by atoms with E-state index < -0.39 is 17.3 Å². The summed E-state index contributed by atoms with van der Waals surface area (Å²) in [5.74, 6) is -1.62. The number of nitrogen functional groups attached to an aromatic ring is 1. The summed E-state index contributed by atoms with van der Waals surface area (Å²) in [6.45, 7) is 0. The van der Waals surface area contributed by atoms with Crippen LogP contribution in [-0.4, -0.2) is 0 Å². The Hall–Kier alpha value is -0.690. The van der Waals surface area contributed by atoms with Crippen LogP contribution in [0.3, 0.4) is 0 Å². The second kappa shape index (κ2) is 5.52. The number of benzene rings is 1. The minimum atomic E-state index is -0.832. The molecular formula is C10H6Cl2F2N2S2. The molecule has 18 heavy (non-hydrogen) atoms. The summed E-state index contributed by atoms with van der Waals surface area (Å²) in [4.78, 5) is 0. The maximum absolute atomic E-state index is 13.6. The fraction of sp³-hybridized carbons (Fsp3) is 0. The molecule has 0 saturated carbocycles. The third kappa shape index (κ3) is 2.66. The Morgan fingerprint density at radius 1 is 1.28 bits per heavy atom. The van der Waals surface area contributed by atoms with Gasteiger partial charge in [-0.25, -0.2) is 8.78 Å². The third-order valence-electron chi connectivity index (χ3n) is 2.04. The fourth-order valence-corrected chi connectivity index (χ4v) is 3.40. The average molecular weight is 327 g/mol. The third-order valence-corrected chi connectivity index (χ3v) is 5.20. The molecule has 0 radical (unpaired) electrons. The molecule has 2 nitrogen and oxygen atoms in total. The van der Waals surface area contributed by atoms with Crippen molar-refractivity contribution in [1.29, 1.82) is 0 Å². The molecule has 0 bridgehead atoms. The molecule has 0 saturated heterocycles. The van der Waals surface area contributed by atoms with Crippen molar-refractivity contribution in [3.05, 3.63) is 39.2 Å². The lowest BCUT2D eigenvalue weighted by Crippen LogP contribution is -1.99. The quantitative estimate of drug-likeness (QED) is 0.613.